The van der Waals surface area contributed by atoms with E-state index in [-0.39, 0.29) is 5.91 Å². The van der Waals surface area contributed by atoms with E-state index in [0.29, 0.717) is 5.56 Å². The maximum absolute atomic E-state index is 11.9. The minimum Gasteiger partial charge on any atom is -0.367 e. The zero-order chi connectivity index (χ0) is 18.9. The van der Waals surface area contributed by atoms with E-state index in [1.807, 2.05) is 18.2 Å². The molecule has 5 nitrogen and oxygen atoms in total. The van der Waals surface area contributed by atoms with Crippen molar-refractivity contribution in [2.75, 3.05) is 11.4 Å². The molecule has 1 N–H and O–H groups in total. The Morgan fingerprint density at radius 1 is 1.04 bits per heavy atom. The van der Waals surface area contributed by atoms with Gasteiger partial charge >= 0.3 is 0 Å². The molecule has 1 aromatic heterocycles. The first-order chi connectivity index (χ1) is 13.3. The van der Waals surface area contributed by atoms with Crippen molar-refractivity contribution >= 4 is 17.8 Å². The van der Waals surface area contributed by atoms with E-state index in [2.05, 4.69) is 63.7 Å². The second kappa shape index (κ2) is 9.29. The largest absolute Gasteiger partial charge is 0.367 e. The van der Waals surface area contributed by atoms with E-state index in [0.717, 1.165) is 24.3 Å². The van der Waals surface area contributed by atoms with Crippen molar-refractivity contribution in [2.45, 2.75) is 13.5 Å². The van der Waals surface area contributed by atoms with Gasteiger partial charge in [-0.05, 0) is 42.3 Å². The maximum atomic E-state index is 11.9. The predicted octanol–water partition coefficient (Wildman–Crippen LogP) is 3.87. The lowest BCUT2D eigenvalue weighted by Crippen LogP contribution is -2.21. The minimum atomic E-state index is -0.259. The first-order valence-corrected chi connectivity index (χ1v) is 8.88. The topological polar surface area (TPSA) is 57.6 Å². The van der Waals surface area contributed by atoms with Gasteiger partial charge in [0.05, 0.1) is 6.21 Å². The quantitative estimate of drug-likeness (QED) is 0.515. The van der Waals surface area contributed by atoms with Crippen LogP contribution in [0.2, 0.25) is 0 Å². The van der Waals surface area contributed by atoms with Crippen molar-refractivity contribution in [1.29, 1.82) is 0 Å². The molecule has 0 atom stereocenters. The van der Waals surface area contributed by atoms with Gasteiger partial charge in [0.2, 0.25) is 0 Å². The number of hydrazone groups is 1. The molecule has 0 spiro atoms. The Labute approximate surface area is 159 Å². The first kappa shape index (κ1) is 18.3. The van der Waals surface area contributed by atoms with E-state index < -0.39 is 0 Å². The normalized spacial score (nSPS) is 10.7. The molecule has 0 bridgehead atoms. The molecule has 136 valence electrons. The van der Waals surface area contributed by atoms with E-state index in [1.54, 1.807) is 30.7 Å². The summed E-state index contributed by atoms with van der Waals surface area (Å²) >= 11 is 0. The number of pyridine rings is 1. The van der Waals surface area contributed by atoms with Gasteiger partial charge in [-0.1, -0.05) is 42.5 Å². The Hall–Kier alpha value is -3.47. The summed E-state index contributed by atoms with van der Waals surface area (Å²) in [6.45, 7) is 3.93. The van der Waals surface area contributed by atoms with Crippen LogP contribution in [0.25, 0.3) is 0 Å². The van der Waals surface area contributed by atoms with Crippen molar-refractivity contribution in [3.63, 3.8) is 0 Å². The van der Waals surface area contributed by atoms with E-state index in [4.69, 9.17) is 0 Å². The summed E-state index contributed by atoms with van der Waals surface area (Å²) < 4.78 is 0. The van der Waals surface area contributed by atoms with Crippen LogP contribution in [0.5, 0.6) is 0 Å². The number of nitrogens with one attached hydrogen (secondary N) is 1. The van der Waals surface area contributed by atoms with Crippen LogP contribution >= 0.6 is 0 Å². The number of carbonyl (C=O) groups excluding carboxylic acids is 1. The van der Waals surface area contributed by atoms with Crippen LogP contribution in [-0.4, -0.2) is 23.7 Å². The highest BCUT2D eigenvalue weighted by Gasteiger charge is 2.05. The summed E-state index contributed by atoms with van der Waals surface area (Å²) in [6.07, 6.45) is 4.79. The number of carbonyl (C=O) groups is 1. The molecular formula is C22H22N4O. The Morgan fingerprint density at radius 2 is 1.74 bits per heavy atom. The van der Waals surface area contributed by atoms with Crippen LogP contribution in [0.15, 0.2) is 84.2 Å². The summed E-state index contributed by atoms with van der Waals surface area (Å²) in [7, 11) is 0. The first-order valence-electron chi connectivity index (χ1n) is 8.88. The Morgan fingerprint density at radius 3 is 2.41 bits per heavy atom. The number of rotatable bonds is 7. The average Bonchev–Trinajstić information content (AvgIpc) is 2.74. The third-order valence-electron chi connectivity index (χ3n) is 4.18. The molecule has 0 aliphatic carbocycles. The van der Waals surface area contributed by atoms with Gasteiger partial charge in [-0.15, -0.1) is 0 Å². The lowest BCUT2D eigenvalue weighted by Gasteiger charge is -2.23. The van der Waals surface area contributed by atoms with Gasteiger partial charge in [-0.3, -0.25) is 9.78 Å². The lowest BCUT2D eigenvalue weighted by molar-refractivity contribution is 0.0955. The molecule has 0 saturated heterocycles. The number of hydrogen-bond donors (Lipinski definition) is 1. The maximum Gasteiger partial charge on any atom is 0.271 e. The zero-order valence-corrected chi connectivity index (χ0v) is 15.2. The number of hydrogen-bond acceptors (Lipinski definition) is 4. The summed E-state index contributed by atoms with van der Waals surface area (Å²) in [6, 6.07) is 21.8. The van der Waals surface area contributed by atoms with Crippen LogP contribution < -0.4 is 10.3 Å². The van der Waals surface area contributed by atoms with Gasteiger partial charge in [0.1, 0.15) is 0 Å². The van der Waals surface area contributed by atoms with Gasteiger partial charge in [0.25, 0.3) is 5.91 Å². The van der Waals surface area contributed by atoms with Crippen LogP contribution in [0.1, 0.15) is 28.4 Å². The molecule has 0 saturated carbocycles. The molecule has 3 rings (SSSR count). The lowest BCUT2D eigenvalue weighted by atomic mass is 10.1. The van der Waals surface area contributed by atoms with Crippen molar-refractivity contribution in [2.24, 2.45) is 5.10 Å². The molecule has 0 radical (unpaired) electrons. The average molecular weight is 358 g/mol. The predicted molar refractivity (Wildman–Crippen MR) is 109 cm³/mol. The molecule has 3 aromatic rings. The molecule has 27 heavy (non-hydrogen) atoms. The minimum absolute atomic E-state index is 0.259. The van der Waals surface area contributed by atoms with E-state index >= 15 is 0 Å². The third kappa shape index (κ3) is 5.25. The monoisotopic (exact) mass is 358 g/mol. The molecule has 1 amide bonds. The second-order valence-electron chi connectivity index (χ2n) is 6.03. The summed E-state index contributed by atoms with van der Waals surface area (Å²) in [5, 5.41) is 4.02. The van der Waals surface area contributed by atoms with Gasteiger partial charge in [-0.25, -0.2) is 5.43 Å². The zero-order valence-electron chi connectivity index (χ0n) is 15.2. The van der Waals surface area contributed by atoms with Gasteiger partial charge in [0.15, 0.2) is 0 Å². The Bertz CT molecular complexity index is 877. The Balaban J connectivity index is 1.60. The van der Waals surface area contributed by atoms with Crippen LogP contribution in [0.4, 0.5) is 5.69 Å². The fraction of sp³-hybridized carbons (Fsp3) is 0.136. The molecule has 0 unspecified atom stereocenters. The number of anilines is 1. The SMILES string of the molecule is CCN(Cc1ccccc1)c1ccc(/C=N\NC(=O)c2ccncc2)cc1. The van der Waals surface area contributed by atoms with Crippen LogP contribution in [0, 0.1) is 0 Å². The molecule has 2 aromatic carbocycles. The standard InChI is InChI=1S/C22H22N4O/c1-2-26(17-19-6-4-3-5-7-19)21-10-8-18(9-11-21)16-24-25-22(27)20-12-14-23-15-13-20/h3-16H,2,17H2,1H3,(H,25,27)/b24-16-. The fourth-order valence-corrected chi connectivity index (χ4v) is 2.69. The van der Waals surface area contributed by atoms with E-state index in [9.17, 15) is 4.79 Å². The molecule has 0 aliphatic heterocycles. The third-order valence-corrected chi connectivity index (χ3v) is 4.18. The van der Waals surface area contributed by atoms with Crippen LogP contribution in [-0.2, 0) is 6.54 Å². The highest BCUT2D eigenvalue weighted by atomic mass is 16.2. The Kier molecular flexibility index (Phi) is 6.30. The van der Waals surface area contributed by atoms with Crippen LogP contribution in [0.3, 0.4) is 0 Å². The highest BCUT2D eigenvalue weighted by molar-refractivity contribution is 5.94. The van der Waals surface area contributed by atoms with Gasteiger partial charge in [-0.2, -0.15) is 5.10 Å². The second-order valence-corrected chi connectivity index (χ2v) is 6.03. The molecule has 0 fully saturated rings. The highest BCUT2D eigenvalue weighted by Crippen LogP contribution is 2.17. The molecule has 5 heteroatoms. The molecule has 1 heterocycles. The van der Waals surface area contributed by atoms with Gasteiger partial charge < -0.3 is 4.90 Å². The number of nitrogens with zero attached hydrogens (tertiary/aromatic N) is 3. The number of aromatic nitrogens is 1. The van der Waals surface area contributed by atoms with Crippen molar-refractivity contribution < 1.29 is 4.79 Å². The van der Waals surface area contributed by atoms with Crippen molar-refractivity contribution in [3.05, 3.63) is 95.8 Å². The summed E-state index contributed by atoms with van der Waals surface area (Å²) in [5.74, 6) is -0.259. The smallest absolute Gasteiger partial charge is 0.271 e. The molecule has 0 aliphatic rings. The number of benzene rings is 2. The van der Waals surface area contributed by atoms with Crippen molar-refractivity contribution in [1.82, 2.24) is 10.4 Å². The fourth-order valence-electron chi connectivity index (χ4n) is 2.69. The molecular weight excluding hydrogens is 336 g/mol. The van der Waals surface area contributed by atoms with E-state index in [1.165, 1.54) is 5.56 Å². The number of amides is 1. The summed E-state index contributed by atoms with van der Waals surface area (Å²) in [4.78, 5) is 18.1. The van der Waals surface area contributed by atoms with Crippen molar-refractivity contribution in [3.8, 4) is 0 Å². The summed E-state index contributed by atoms with van der Waals surface area (Å²) in [5.41, 5.74) is 6.40. The van der Waals surface area contributed by atoms with Gasteiger partial charge in [0, 0.05) is 36.7 Å².